The number of aliphatic hydroxyl groups excluding tert-OH is 1. The van der Waals surface area contributed by atoms with Gasteiger partial charge in [0.15, 0.2) is 5.82 Å². The summed E-state index contributed by atoms with van der Waals surface area (Å²) in [6.45, 7) is 5.09. The number of ketones is 1. The van der Waals surface area contributed by atoms with Gasteiger partial charge in [-0.3, -0.25) is 9.59 Å². The molecule has 0 aliphatic heterocycles. The van der Waals surface area contributed by atoms with E-state index in [0.717, 1.165) is 0 Å². The maximum Gasteiger partial charge on any atom is 0.313 e. The first-order valence-electron chi connectivity index (χ1n) is 11.5. The molecule has 8 nitrogen and oxygen atoms in total. The van der Waals surface area contributed by atoms with Crippen LogP contribution in [-0.4, -0.2) is 48.8 Å². The number of nitrogens with zero attached hydrogens (tertiary/aromatic N) is 4. The van der Waals surface area contributed by atoms with Crippen molar-refractivity contribution in [3.05, 3.63) is 89.3 Å². The first-order chi connectivity index (χ1) is 17.4. The first kappa shape index (κ1) is 27.5. The van der Waals surface area contributed by atoms with E-state index in [-0.39, 0.29) is 6.42 Å². The highest BCUT2D eigenvalue weighted by molar-refractivity contribution is 6.01. The third-order valence-electron chi connectivity index (χ3n) is 5.08. The molecule has 0 aliphatic rings. The molecule has 0 saturated carbocycles. The Morgan fingerprint density at radius 2 is 1.57 bits per heavy atom. The molecule has 37 heavy (non-hydrogen) atoms. The van der Waals surface area contributed by atoms with Crippen molar-refractivity contribution in [2.24, 2.45) is 7.05 Å². The van der Waals surface area contributed by atoms with Crippen molar-refractivity contribution in [2.45, 2.75) is 45.3 Å². The van der Waals surface area contributed by atoms with Crippen molar-refractivity contribution in [1.82, 2.24) is 20.2 Å². The van der Waals surface area contributed by atoms with E-state index in [1.165, 1.54) is 35.0 Å². The summed E-state index contributed by atoms with van der Waals surface area (Å²) in [6, 6.07) is 11.4. The average Bonchev–Trinajstić information content (AvgIpc) is 3.22. The number of hydrogen-bond acceptors (Lipinski definition) is 7. The second-order valence-corrected chi connectivity index (χ2v) is 9.36. The summed E-state index contributed by atoms with van der Waals surface area (Å²) in [4.78, 5) is 24.2. The largest absolute Gasteiger partial charge is 0.460 e. The highest BCUT2D eigenvalue weighted by Crippen LogP contribution is 2.32. The first-order valence-corrected chi connectivity index (χ1v) is 11.5. The maximum atomic E-state index is 13.7. The predicted molar refractivity (Wildman–Crippen MR) is 133 cm³/mol. The Morgan fingerprint density at radius 1 is 1.03 bits per heavy atom. The summed E-state index contributed by atoms with van der Waals surface area (Å²) in [5.74, 6) is -1.71. The Balaban J connectivity index is 2.00. The Morgan fingerprint density at radius 3 is 2.03 bits per heavy atom. The SMILES string of the molecule is Cn1nnnc1C(C=CC(O)CC(=O)CC(=O)OC(C)(C)C)=C(c1ccc(F)cc1)c1ccc(F)cc1. The number of ether oxygens (including phenoxy) is 1. The molecular weight excluding hydrogens is 482 g/mol. The second kappa shape index (κ2) is 11.8. The number of carbonyl (C=O) groups is 2. The average molecular weight is 511 g/mol. The van der Waals surface area contributed by atoms with E-state index >= 15 is 0 Å². The van der Waals surface area contributed by atoms with Gasteiger partial charge in [0.2, 0.25) is 0 Å². The van der Waals surface area contributed by atoms with Crippen LogP contribution in [0, 0.1) is 11.6 Å². The lowest BCUT2D eigenvalue weighted by molar-refractivity contribution is -0.156. The Labute approximate surface area is 213 Å². The maximum absolute atomic E-state index is 13.7. The minimum atomic E-state index is -1.23. The van der Waals surface area contributed by atoms with Crippen molar-refractivity contribution in [3.63, 3.8) is 0 Å². The standard InChI is InChI=1S/C27H28F2N4O4/c1-27(2,3)37-24(36)16-22(35)15-21(34)13-14-23(26-30-31-32-33(26)4)25(17-5-9-19(28)10-6-17)18-7-11-20(29)12-8-18/h5-14,21,34H,15-16H2,1-4H3. The number of halogens is 2. The molecule has 0 amide bonds. The molecule has 0 radical (unpaired) electrons. The van der Waals surface area contributed by atoms with Crippen LogP contribution in [0.5, 0.6) is 0 Å². The lowest BCUT2D eigenvalue weighted by atomic mass is 9.91. The van der Waals surface area contributed by atoms with Gasteiger partial charge in [-0.1, -0.05) is 36.4 Å². The molecule has 0 spiro atoms. The number of aliphatic hydroxyl groups is 1. The summed E-state index contributed by atoms with van der Waals surface area (Å²) in [5, 5.41) is 22.2. The fourth-order valence-electron chi connectivity index (χ4n) is 3.56. The number of aromatic nitrogens is 4. The zero-order valence-electron chi connectivity index (χ0n) is 21.0. The molecule has 0 aliphatic carbocycles. The fourth-order valence-corrected chi connectivity index (χ4v) is 3.56. The summed E-state index contributed by atoms with van der Waals surface area (Å²) in [5.41, 5.74) is 1.43. The third kappa shape index (κ3) is 7.97. The summed E-state index contributed by atoms with van der Waals surface area (Å²) in [6.07, 6.45) is 0.911. The quantitative estimate of drug-likeness (QED) is 0.263. The van der Waals surface area contributed by atoms with Crippen LogP contribution >= 0.6 is 0 Å². The topological polar surface area (TPSA) is 107 Å². The molecule has 0 bridgehead atoms. The number of aryl methyl sites for hydroxylation is 1. The van der Waals surface area contributed by atoms with E-state index in [1.807, 2.05) is 0 Å². The molecule has 3 rings (SSSR count). The van der Waals surface area contributed by atoms with Crippen molar-refractivity contribution in [2.75, 3.05) is 0 Å². The van der Waals surface area contributed by atoms with E-state index in [1.54, 1.807) is 58.2 Å². The molecule has 1 aromatic heterocycles. The number of allylic oxidation sites excluding steroid dienone is 2. The number of hydrogen-bond donors (Lipinski definition) is 1. The van der Waals surface area contributed by atoms with Gasteiger partial charge in [0, 0.05) is 19.0 Å². The van der Waals surface area contributed by atoms with Crippen LogP contribution in [-0.2, 0) is 21.4 Å². The molecule has 1 unspecified atom stereocenters. The van der Waals surface area contributed by atoms with Crippen LogP contribution in [0.25, 0.3) is 11.1 Å². The van der Waals surface area contributed by atoms with E-state index < -0.39 is 41.5 Å². The van der Waals surface area contributed by atoms with Crippen LogP contribution in [0.4, 0.5) is 8.78 Å². The third-order valence-corrected chi connectivity index (χ3v) is 5.08. The number of tetrazole rings is 1. The molecule has 3 aromatic rings. The molecule has 0 fully saturated rings. The Hall–Kier alpha value is -4.05. The van der Waals surface area contributed by atoms with Gasteiger partial charge in [-0.25, -0.2) is 13.5 Å². The highest BCUT2D eigenvalue weighted by atomic mass is 19.1. The van der Waals surface area contributed by atoms with Gasteiger partial charge in [-0.05, 0) is 72.2 Å². The van der Waals surface area contributed by atoms with Crippen LogP contribution in [0.15, 0.2) is 60.7 Å². The summed E-state index contributed by atoms with van der Waals surface area (Å²) < 4.78 is 33.9. The van der Waals surface area contributed by atoms with Crippen LogP contribution in [0.1, 0.15) is 50.6 Å². The Kier molecular flexibility index (Phi) is 8.77. The predicted octanol–water partition coefficient (Wildman–Crippen LogP) is 4.06. The number of rotatable bonds is 9. The second-order valence-electron chi connectivity index (χ2n) is 9.36. The minimum Gasteiger partial charge on any atom is -0.460 e. The molecule has 1 atom stereocenters. The fraction of sp³-hybridized carbons (Fsp3) is 0.296. The lowest BCUT2D eigenvalue weighted by Gasteiger charge is -2.19. The lowest BCUT2D eigenvalue weighted by Crippen LogP contribution is -2.26. The smallest absolute Gasteiger partial charge is 0.313 e. The Bertz CT molecular complexity index is 1260. The number of benzene rings is 2. The van der Waals surface area contributed by atoms with Crippen molar-refractivity contribution < 1.29 is 28.2 Å². The van der Waals surface area contributed by atoms with E-state index in [9.17, 15) is 23.5 Å². The minimum absolute atomic E-state index is 0.312. The number of Topliss-reactive ketones (excluding diaryl/α,β-unsaturated/α-hetero) is 1. The van der Waals surface area contributed by atoms with Crippen molar-refractivity contribution >= 4 is 22.9 Å². The van der Waals surface area contributed by atoms with E-state index in [2.05, 4.69) is 15.5 Å². The molecule has 1 heterocycles. The molecule has 194 valence electrons. The zero-order valence-corrected chi connectivity index (χ0v) is 21.0. The van der Waals surface area contributed by atoms with Gasteiger partial charge in [0.25, 0.3) is 0 Å². The van der Waals surface area contributed by atoms with E-state index in [4.69, 9.17) is 4.74 Å². The van der Waals surface area contributed by atoms with Crippen molar-refractivity contribution in [3.8, 4) is 0 Å². The molecule has 0 saturated heterocycles. The van der Waals surface area contributed by atoms with Gasteiger partial charge in [-0.2, -0.15) is 0 Å². The van der Waals surface area contributed by atoms with Gasteiger partial charge in [-0.15, -0.1) is 5.10 Å². The van der Waals surface area contributed by atoms with Crippen LogP contribution in [0.3, 0.4) is 0 Å². The van der Waals surface area contributed by atoms with E-state index in [0.29, 0.717) is 28.1 Å². The van der Waals surface area contributed by atoms with Gasteiger partial charge >= 0.3 is 5.97 Å². The summed E-state index contributed by atoms with van der Waals surface area (Å²) in [7, 11) is 1.62. The molecule has 2 aromatic carbocycles. The van der Waals surface area contributed by atoms with Crippen LogP contribution < -0.4 is 0 Å². The number of carbonyl (C=O) groups excluding carboxylic acids is 2. The molecule has 1 N–H and O–H groups in total. The highest BCUT2D eigenvalue weighted by Gasteiger charge is 2.21. The zero-order chi connectivity index (χ0) is 27.2. The monoisotopic (exact) mass is 510 g/mol. The molecular formula is C27H28F2N4O4. The van der Waals surface area contributed by atoms with Crippen LogP contribution in [0.2, 0.25) is 0 Å². The van der Waals surface area contributed by atoms with Crippen molar-refractivity contribution in [1.29, 1.82) is 0 Å². The van der Waals surface area contributed by atoms with Gasteiger partial charge < -0.3 is 9.84 Å². The van der Waals surface area contributed by atoms with Gasteiger partial charge in [0.05, 0.1) is 6.10 Å². The van der Waals surface area contributed by atoms with Gasteiger partial charge in [0.1, 0.15) is 29.4 Å². The molecule has 10 heteroatoms. The normalized spacial score (nSPS) is 12.4. The summed E-state index contributed by atoms with van der Waals surface area (Å²) >= 11 is 0. The number of esters is 1.